The number of rotatable bonds is 5. The van der Waals surface area contributed by atoms with E-state index in [1.807, 2.05) is 0 Å². The van der Waals surface area contributed by atoms with Gasteiger partial charge in [-0.15, -0.1) is 11.8 Å². The number of hydrogen-bond acceptors (Lipinski definition) is 6. The molecule has 3 fully saturated rings. The maximum Gasteiger partial charge on any atom is 0.305 e. The summed E-state index contributed by atoms with van der Waals surface area (Å²) in [4.78, 5) is 47.5. The van der Waals surface area contributed by atoms with Gasteiger partial charge in [-0.05, 0) is 80.0 Å². The summed E-state index contributed by atoms with van der Waals surface area (Å²) < 4.78 is 13.6. The Balaban J connectivity index is 1.28. The van der Waals surface area contributed by atoms with E-state index < -0.39 is 5.82 Å². The molecule has 1 saturated heterocycles. The third-order valence-corrected chi connectivity index (χ3v) is 11.8. The highest BCUT2D eigenvalue weighted by Gasteiger charge is 2.69. The molecule has 2 aromatic carbocycles. The minimum absolute atomic E-state index is 0.00433. The van der Waals surface area contributed by atoms with E-state index in [1.165, 1.54) is 46.2 Å². The second-order valence-electron chi connectivity index (χ2n) is 10.7. The van der Waals surface area contributed by atoms with Gasteiger partial charge in [0, 0.05) is 34.8 Å². The molecule has 9 heteroatoms. The number of imide groups is 1. The van der Waals surface area contributed by atoms with Crippen LogP contribution >= 0.6 is 23.1 Å². The molecule has 6 nitrogen and oxygen atoms in total. The van der Waals surface area contributed by atoms with Gasteiger partial charge in [0.1, 0.15) is 5.82 Å². The average Bonchev–Trinajstić information content (AvgIpc) is 3.65. The van der Waals surface area contributed by atoms with Crippen molar-refractivity contribution in [2.75, 3.05) is 22.9 Å². The zero-order valence-corrected chi connectivity index (χ0v) is 22.7. The molecule has 2 saturated carbocycles. The Morgan fingerprint density at radius 2 is 1.61 bits per heavy atom. The summed E-state index contributed by atoms with van der Waals surface area (Å²) in [5.41, 5.74) is 2.77. The first-order chi connectivity index (χ1) is 18.4. The van der Waals surface area contributed by atoms with Gasteiger partial charge in [-0.3, -0.25) is 19.3 Å². The van der Waals surface area contributed by atoms with E-state index in [2.05, 4.69) is 48.0 Å². The summed E-state index contributed by atoms with van der Waals surface area (Å²) in [5.74, 6) is -1.16. The number of thioether (sulfide) groups is 1. The molecule has 0 unspecified atom stereocenters. The van der Waals surface area contributed by atoms with Crippen LogP contribution in [0.1, 0.15) is 36.6 Å². The molecular weight excluding hydrogens is 521 g/mol. The number of amides is 2. The van der Waals surface area contributed by atoms with E-state index in [0.717, 1.165) is 35.0 Å². The largest absolute Gasteiger partial charge is 0.372 e. The van der Waals surface area contributed by atoms with Crippen LogP contribution in [-0.4, -0.2) is 35.1 Å². The van der Waals surface area contributed by atoms with Crippen molar-refractivity contribution in [3.63, 3.8) is 0 Å². The lowest BCUT2D eigenvalue weighted by molar-refractivity contribution is -0.123. The number of carbonyl (C=O) groups is 2. The summed E-state index contributed by atoms with van der Waals surface area (Å²) in [6.07, 6.45) is 0.847. The smallest absolute Gasteiger partial charge is 0.305 e. The van der Waals surface area contributed by atoms with Gasteiger partial charge in [0.05, 0.1) is 22.5 Å². The van der Waals surface area contributed by atoms with Gasteiger partial charge in [-0.1, -0.05) is 23.5 Å². The lowest BCUT2D eigenvalue weighted by Crippen LogP contribution is -2.42. The number of H-pyrrole nitrogens is 1. The van der Waals surface area contributed by atoms with E-state index in [1.54, 1.807) is 11.8 Å². The zero-order valence-electron chi connectivity index (χ0n) is 21.1. The topological polar surface area (TPSA) is 73.5 Å². The predicted octanol–water partition coefficient (Wildman–Crippen LogP) is 5.10. The zero-order chi connectivity index (χ0) is 26.3. The predicted molar refractivity (Wildman–Crippen MR) is 147 cm³/mol. The summed E-state index contributed by atoms with van der Waals surface area (Å²) in [5, 5.41) is 1.06. The molecule has 2 amide bonds. The van der Waals surface area contributed by atoms with E-state index >= 15 is 0 Å². The molecule has 0 spiro atoms. The minimum atomic E-state index is -0.398. The maximum atomic E-state index is 13.8. The van der Waals surface area contributed by atoms with Crippen molar-refractivity contribution in [2.24, 2.45) is 29.6 Å². The van der Waals surface area contributed by atoms with Crippen molar-refractivity contribution in [2.45, 2.75) is 36.5 Å². The first-order valence-electron chi connectivity index (χ1n) is 13.3. The Bertz CT molecular complexity index is 1480. The van der Waals surface area contributed by atoms with Gasteiger partial charge < -0.3 is 9.88 Å². The van der Waals surface area contributed by atoms with Crippen LogP contribution in [0.3, 0.4) is 0 Å². The minimum Gasteiger partial charge on any atom is -0.372 e. The fourth-order valence-electron chi connectivity index (χ4n) is 7.72. The molecular formula is C29H28FN3O3S2. The van der Waals surface area contributed by atoms with Crippen molar-refractivity contribution >= 4 is 46.3 Å². The quantitative estimate of drug-likeness (QED) is 0.449. The Hall–Kier alpha value is -2.91. The number of benzene rings is 2. The third kappa shape index (κ3) is 3.33. The van der Waals surface area contributed by atoms with Gasteiger partial charge in [0.25, 0.3) is 0 Å². The Morgan fingerprint density at radius 3 is 2.26 bits per heavy atom. The van der Waals surface area contributed by atoms with Gasteiger partial charge in [-0.2, -0.15) is 0 Å². The third-order valence-electron chi connectivity index (χ3n) is 9.19. The number of aromatic nitrogens is 1. The maximum absolute atomic E-state index is 13.8. The molecule has 0 radical (unpaired) electrons. The van der Waals surface area contributed by atoms with E-state index in [0.29, 0.717) is 5.69 Å². The first kappa shape index (κ1) is 24.2. The molecule has 7 rings (SSSR count). The van der Waals surface area contributed by atoms with Crippen molar-refractivity contribution in [1.29, 1.82) is 0 Å². The molecule has 4 aliphatic rings. The number of halogens is 1. The van der Waals surface area contributed by atoms with Crippen LogP contribution in [0.25, 0.3) is 0 Å². The molecule has 7 atom stereocenters. The van der Waals surface area contributed by atoms with Gasteiger partial charge in [-0.25, -0.2) is 4.39 Å². The second-order valence-corrected chi connectivity index (χ2v) is 12.9. The molecule has 2 bridgehead atoms. The first-order valence-corrected chi connectivity index (χ1v) is 15.0. The molecule has 1 N–H and O–H groups in total. The molecule has 3 aromatic rings. The van der Waals surface area contributed by atoms with E-state index in [4.69, 9.17) is 0 Å². The summed E-state index contributed by atoms with van der Waals surface area (Å²) >= 11 is 2.97. The number of aromatic amines is 1. The number of hydrogen-bond donors (Lipinski definition) is 1. The van der Waals surface area contributed by atoms with Crippen LogP contribution < -0.4 is 14.7 Å². The van der Waals surface area contributed by atoms with Crippen LogP contribution in [0.15, 0.2) is 58.4 Å². The molecule has 196 valence electrons. The van der Waals surface area contributed by atoms with Gasteiger partial charge in [0.2, 0.25) is 11.8 Å². The van der Waals surface area contributed by atoms with Crippen LogP contribution in [0.2, 0.25) is 0 Å². The molecule has 38 heavy (non-hydrogen) atoms. The normalized spacial score (nSPS) is 30.9. The number of fused-ring (bicyclic) bond motifs is 9. The SMILES string of the molecule is CCN(CC)c1ccc([C@H]2c3sc(=O)[nH]c3S[C@@H]3[C@@H]4C[C@H]([C@H]5C(=O)N(c6ccc(F)cc6)C(=O)[C@H]45)[C@H]23)cc1. The lowest BCUT2D eigenvalue weighted by atomic mass is 9.68. The van der Waals surface area contributed by atoms with Crippen molar-refractivity contribution in [3.05, 3.63) is 74.5 Å². The average molecular weight is 550 g/mol. The van der Waals surface area contributed by atoms with Gasteiger partial charge >= 0.3 is 4.87 Å². The molecule has 2 aliphatic carbocycles. The highest BCUT2D eigenvalue weighted by Crippen LogP contribution is 2.68. The van der Waals surface area contributed by atoms with Crippen LogP contribution in [-0.2, 0) is 9.59 Å². The number of nitrogens with zero attached hydrogens (tertiary/aromatic N) is 2. The molecule has 2 aliphatic heterocycles. The highest BCUT2D eigenvalue weighted by molar-refractivity contribution is 8.00. The number of carbonyl (C=O) groups excluding carboxylic acids is 2. The summed E-state index contributed by atoms with van der Waals surface area (Å²) in [6, 6.07) is 14.3. The Morgan fingerprint density at radius 1 is 0.947 bits per heavy atom. The van der Waals surface area contributed by atoms with E-state index in [9.17, 15) is 18.8 Å². The standard InChI is InChI=1S/C29H28FN3O3S2/c1-3-32(4-2)16-9-5-14(6-10-16)20-21-18-13-19(24(21)37-26-25(20)38-29(36)31-26)23-22(18)27(34)33(28(23)35)17-11-7-15(30)8-12-17/h5-12,18-24H,3-4,13H2,1-2H3,(H,31,36)/t18-,19+,20+,21+,22+,23+,24+/m0/s1. The van der Waals surface area contributed by atoms with Crippen molar-refractivity contribution in [3.8, 4) is 0 Å². The Labute approximate surface area is 228 Å². The van der Waals surface area contributed by atoms with Crippen LogP contribution in [0.5, 0.6) is 0 Å². The van der Waals surface area contributed by atoms with Crippen molar-refractivity contribution in [1.82, 2.24) is 4.98 Å². The molecule has 3 heterocycles. The Kier molecular flexibility index (Phi) is 5.60. The lowest BCUT2D eigenvalue weighted by Gasteiger charge is -2.43. The summed E-state index contributed by atoms with van der Waals surface area (Å²) in [7, 11) is 0. The molecule has 1 aromatic heterocycles. The number of thiazole rings is 1. The highest BCUT2D eigenvalue weighted by atomic mass is 32.2. The second kappa shape index (κ2) is 8.81. The monoisotopic (exact) mass is 549 g/mol. The van der Waals surface area contributed by atoms with Crippen LogP contribution in [0, 0.1) is 35.4 Å². The van der Waals surface area contributed by atoms with Crippen LogP contribution in [0.4, 0.5) is 15.8 Å². The fourth-order valence-corrected chi connectivity index (χ4v) is 10.6. The number of anilines is 2. The van der Waals surface area contributed by atoms with E-state index in [-0.39, 0.29) is 57.4 Å². The number of nitrogens with one attached hydrogen (secondary N) is 1. The van der Waals surface area contributed by atoms with Crippen molar-refractivity contribution < 1.29 is 14.0 Å². The summed E-state index contributed by atoms with van der Waals surface area (Å²) in [6.45, 7) is 6.14. The fraction of sp³-hybridized carbons (Fsp3) is 0.414. The van der Waals surface area contributed by atoms with Gasteiger partial charge in [0.15, 0.2) is 0 Å².